The molecular weight excluding hydrogens is 192 g/mol. The van der Waals surface area contributed by atoms with Crippen LogP contribution in [0, 0.1) is 20.8 Å². The van der Waals surface area contributed by atoms with Crippen molar-refractivity contribution in [2.45, 2.75) is 20.8 Å². The van der Waals surface area contributed by atoms with Crippen LogP contribution in [0.15, 0.2) is 16.9 Å². The molecule has 5 nitrogen and oxygen atoms in total. The van der Waals surface area contributed by atoms with Gasteiger partial charge in [-0.2, -0.15) is 0 Å². The normalized spacial score (nSPS) is 10.6. The summed E-state index contributed by atoms with van der Waals surface area (Å²) in [6.45, 7) is 5.51. The molecule has 0 aromatic carbocycles. The van der Waals surface area contributed by atoms with E-state index in [0.717, 1.165) is 11.4 Å². The average molecular weight is 204 g/mol. The van der Waals surface area contributed by atoms with Crippen molar-refractivity contribution in [1.29, 1.82) is 0 Å². The third-order valence-electron chi connectivity index (χ3n) is 2.03. The van der Waals surface area contributed by atoms with Gasteiger partial charge in [0.25, 0.3) is 5.56 Å². The zero-order valence-corrected chi connectivity index (χ0v) is 8.90. The number of hydrogen-bond donors (Lipinski definition) is 1. The predicted octanol–water partition coefficient (Wildman–Crippen LogP) is 0.881. The lowest BCUT2D eigenvalue weighted by molar-refractivity contribution is 0.789. The second-order valence-electron chi connectivity index (χ2n) is 3.53. The Hall–Kier alpha value is -1.91. The first-order valence-electron chi connectivity index (χ1n) is 4.67. The van der Waals surface area contributed by atoms with Gasteiger partial charge in [-0.1, -0.05) is 0 Å². The van der Waals surface area contributed by atoms with Crippen molar-refractivity contribution >= 4 is 0 Å². The third-order valence-corrected chi connectivity index (χ3v) is 2.03. The maximum atomic E-state index is 11.5. The van der Waals surface area contributed by atoms with E-state index in [2.05, 4.69) is 15.1 Å². The number of aryl methyl sites for hydroxylation is 3. The first-order valence-corrected chi connectivity index (χ1v) is 4.67. The van der Waals surface area contributed by atoms with E-state index in [-0.39, 0.29) is 5.56 Å². The van der Waals surface area contributed by atoms with Crippen LogP contribution in [0.4, 0.5) is 0 Å². The molecule has 1 N–H and O–H groups in total. The number of H-pyrrole nitrogens is 1. The molecule has 5 heteroatoms. The highest BCUT2D eigenvalue weighted by Crippen LogP contribution is 2.03. The van der Waals surface area contributed by atoms with Gasteiger partial charge in [0.05, 0.1) is 0 Å². The summed E-state index contributed by atoms with van der Waals surface area (Å²) in [5, 5.41) is 2.93. The monoisotopic (exact) mass is 204 g/mol. The molecule has 2 aromatic rings. The summed E-state index contributed by atoms with van der Waals surface area (Å²) in [4.78, 5) is 19.9. The molecule has 0 saturated heterocycles. The zero-order valence-electron chi connectivity index (χ0n) is 8.90. The minimum atomic E-state index is -0.106. The number of nitrogens with one attached hydrogen (secondary N) is 1. The highest BCUT2D eigenvalue weighted by molar-refractivity contribution is 5.24. The van der Waals surface area contributed by atoms with Gasteiger partial charge in [0.2, 0.25) is 0 Å². The van der Waals surface area contributed by atoms with E-state index in [1.807, 2.05) is 13.8 Å². The van der Waals surface area contributed by atoms with Crippen molar-refractivity contribution in [3.05, 3.63) is 39.7 Å². The van der Waals surface area contributed by atoms with Gasteiger partial charge in [-0.15, -0.1) is 0 Å². The minimum absolute atomic E-state index is 0.106. The van der Waals surface area contributed by atoms with Crippen molar-refractivity contribution in [3.63, 3.8) is 0 Å². The van der Waals surface area contributed by atoms with Crippen LogP contribution in [-0.4, -0.2) is 19.7 Å². The smallest absolute Gasteiger partial charge is 0.272 e. The molecular formula is C10H12N4O. The lowest BCUT2D eigenvalue weighted by Gasteiger charge is -2.02. The van der Waals surface area contributed by atoms with Gasteiger partial charge in [-0.25, -0.2) is 14.6 Å². The van der Waals surface area contributed by atoms with E-state index in [9.17, 15) is 4.79 Å². The maximum Gasteiger partial charge on any atom is 0.272 e. The van der Waals surface area contributed by atoms with Gasteiger partial charge in [0.15, 0.2) is 5.82 Å². The van der Waals surface area contributed by atoms with Crippen LogP contribution in [0.5, 0.6) is 0 Å². The predicted molar refractivity (Wildman–Crippen MR) is 56.2 cm³/mol. The van der Waals surface area contributed by atoms with E-state index < -0.39 is 0 Å². The number of rotatable bonds is 1. The van der Waals surface area contributed by atoms with E-state index >= 15 is 0 Å². The summed E-state index contributed by atoms with van der Waals surface area (Å²) < 4.78 is 1.41. The molecule has 0 fully saturated rings. The zero-order chi connectivity index (χ0) is 11.0. The second-order valence-corrected chi connectivity index (χ2v) is 3.53. The van der Waals surface area contributed by atoms with Crippen molar-refractivity contribution in [2.75, 3.05) is 0 Å². The number of aromatic nitrogens is 4. The van der Waals surface area contributed by atoms with Gasteiger partial charge in [0.1, 0.15) is 5.82 Å². The Balaban J connectivity index is 2.63. The van der Waals surface area contributed by atoms with Crippen LogP contribution in [0.1, 0.15) is 17.2 Å². The molecule has 78 valence electrons. The molecule has 2 heterocycles. The standard InChI is InChI=1S/C10H12N4O/c1-6-4-9(12-8(3)11-6)14-10(15)5-7(2)13-14/h4-5,13H,1-3H3. The minimum Gasteiger partial charge on any atom is -0.294 e. The Morgan fingerprint density at radius 1 is 1.20 bits per heavy atom. The van der Waals surface area contributed by atoms with Gasteiger partial charge in [-0.3, -0.25) is 9.89 Å². The van der Waals surface area contributed by atoms with Crippen molar-refractivity contribution in [1.82, 2.24) is 19.7 Å². The largest absolute Gasteiger partial charge is 0.294 e. The fraction of sp³-hybridized carbons (Fsp3) is 0.300. The highest BCUT2D eigenvalue weighted by Gasteiger charge is 2.05. The van der Waals surface area contributed by atoms with Crippen LogP contribution in [0.2, 0.25) is 0 Å². The quantitative estimate of drug-likeness (QED) is 0.750. The molecule has 0 aliphatic heterocycles. The molecule has 0 atom stereocenters. The third kappa shape index (κ3) is 1.81. The fourth-order valence-corrected chi connectivity index (χ4v) is 1.50. The lowest BCUT2D eigenvalue weighted by Crippen LogP contribution is -2.16. The van der Waals surface area contributed by atoms with E-state index in [1.54, 1.807) is 13.0 Å². The SMILES string of the molecule is Cc1cc(-n2[nH]c(C)cc2=O)nc(C)n1. The first kappa shape index (κ1) is 9.64. The summed E-state index contributed by atoms with van der Waals surface area (Å²) in [5.74, 6) is 1.24. The highest BCUT2D eigenvalue weighted by atomic mass is 16.1. The Morgan fingerprint density at radius 2 is 1.93 bits per heavy atom. The number of nitrogens with zero attached hydrogens (tertiary/aromatic N) is 3. The topological polar surface area (TPSA) is 63.6 Å². The van der Waals surface area contributed by atoms with Crippen LogP contribution in [0.25, 0.3) is 5.82 Å². The van der Waals surface area contributed by atoms with Gasteiger partial charge >= 0.3 is 0 Å². The first-order chi connectivity index (χ1) is 7.06. The molecule has 0 aliphatic carbocycles. The molecule has 2 rings (SSSR count). The molecule has 0 radical (unpaired) electrons. The summed E-state index contributed by atoms with van der Waals surface area (Å²) >= 11 is 0. The van der Waals surface area contributed by atoms with Crippen molar-refractivity contribution in [2.24, 2.45) is 0 Å². The Bertz CT molecular complexity index is 533. The van der Waals surface area contributed by atoms with Gasteiger partial charge < -0.3 is 0 Å². The van der Waals surface area contributed by atoms with Crippen LogP contribution >= 0.6 is 0 Å². The number of hydrogen-bond acceptors (Lipinski definition) is 3. The lowest BCUT2D eigenvalue weighted by atomic mass is 10.4. The van der Waals surface area contributed by atoms with Crippen molar-refractivity contribution in [3.8, 4) is 5.82 Å². The number of aromatic amines is 1. The second kappa shape index (κ2) is 3.34. The summed E-state index contributed by atoms with van der Waals surface area (Å²) in [5.41, 5.74) is 1.55. The van der Waals surface area contributed by atoms with Crippen LogP contribution in [0.3, 0.4) is 0 Å². The average Bonchev–Trinajstić information content (AvgIpc) is 2.43. The molecule has 15 heavy (non-hydrogen) atoms. The summed E-state index contributed by atoms with van der Waals surface area (Å²) in [7, 11) is 0. The van der Waals surface area contributed by atoms with Crippen LogP contribution in [-0.2, 0) is 0 Å². The molecule has 0 unspecified atom stereocenters. The van der Waals surface area contributed by atoms with Gasteiger partial charge in [0, 0.05) is 23.5 Å². The van der Waals surface area contributed by atoms with Crippen molar-refractivity contribution < 1.29 is 0 Å². The molecule has 2 aromatic heterocycles. The molecule has 0 bridgehead atoms. The Kier molecular flexibility index (Phi) is 2.15. The Labute approximate surface area is 86.8 Å². The Morgan fingerprint density at radius 3 is 2.47 bits per heavy atom. The van der Waals surface area contributed by atoms with E-state index in [0.29, 0.717) is 11.6 Å². The van der Waals surface area contributed by atoms with E-state index in [4.69, 9.17) is 0 Å². The molecule has 0 saturated carbocycles. The fourth-order valence-electron chi connectivity index (χ4n) is 1.50. The van der Waals surface area contributed by atoms with E-state index in [1.165, 1.54) is 10.7 Å². The maximum absolute atomic E-state index is 11.5. The van der Waals surface area contributed by atoms with Gasteiger partial charge in [-0.05, 0) is 20.8 Å². The summed E-state index contributed by atoms with van der Waals surface area (Å²) in [6, 6.07) is 3.30. The molecule has 0 amide bonds. The molecule has 0 spiro atoms. The summed E-state index contributed by atoms with van der Waals surface area (Å²) in [6.07, 6.45) is 0. The van der Waals surface area contributed by atoms with Crippen LogP contribution < -0.4 is 5.56 Å². The molecule has 0 aliphatic rings.